The fraction of sp³-hybridized carbons (Fsp3) is 0.364. The minimum atomic E-state index is -2.05. The number of amides is 1. The number of nitrogen functional groups attached to an aromatic ring is 1. The molecule has 1 aliphatic rings. The molecule has 1 aromatic carbocycles. The Bertz CT molecular complexity index is 495. The van der Waals surface area contributed by atoms with Gasteiger partial charge in [0.2, 0.25) is 5.91 Å². The molecule has 1 aliphatic carbocycles. The summed E-state index contributed by atoms with van der Waals surface area (Å²) in [4.78, 5) is 10.8. The van der Waals surface area contributed by atoms with Crippen molar-refractivity contribution >= 4 is 22.4 Å². The first-order chi connectivity index (χ1) is 8.47. The molecule has 1 aromatic rings. The van der Waals surface area contributed by atoms with Gasteiger partial charge in [0.25, 0.3) is 0 Å². The van der Waals surface area contributed by atoms with Crippen LogP contribution >= 0.6 is 0 Å². The summed E-state index contributed by atoms with van der Waals surface area (Å²) in [6.07, 6.45) is 1.78. The molecule has 0 aliphatic heterocycles. The zero-order valence-electron chi connectivity index (χ0n) is 9.41. The molecule has 1 unspecified atom stereocenters. The molecule has 1 fully saturated rings. The van der Waals surface area contributed by atoms with Gasteiger partial charge in [0, 0.05) is 11.7 Å². The Balaban J connectivity index is 2.10. The second-order valence-electron chi connectivity index (χ2n) is 4.15. The molecule has 18 heavy (non-hydrogen) atoms. The van der Waals surface area contributed by atoms with E-state index in [2.05, 4.69) is 5.32 Å². The molecular weight excluding hydrogens is 262 g/mol. The Kier molecular flexibility index (Phi) is 3.60. The monoisotopic (exact) mass is 274 g/mol. The van der Waals surface area contributed by atoms with Crippen LogP contribution in [0.5, 0.6) is 0 Å². The zero-order chi connectivity index (χ0) is 13.3. The van der Waals surface area contributed by atoms with E-state index in [0.29, 0.717) is 0 Å². The second kappa shape index (κ2) is 5.01. The normalized spacial score (nSPS) is 16.3. The summed E-state index contributed by atoms with van der Waals surface area (Å²) >= 11 is 0. The van der Waals surface area contributed by atoms with E-state index >= 15 is 0 Å². The average Bonchev–Trinajstić information content (AvgIpc) is 2.98. The van der Waals surface area contributed by atoms with Crippen LogP contribution < -0.4 is 11.1 Å². The predicted molar refractivity (Wildman–Crippen MR) is 63.2 cm³/mol. The van der Waals surface area contributed by atoms with Crippen molar-refractivity contribution in [2.75, 3.05) is 11.5 Å². The number of halogens is 2. The van der Waals surface area contributed by atoms with Crippen LogP contribution in [0.3, 0.4) is 0 Å². The molecule has 2 rings (SSSR count). The van der Waals surface area contributed by atoms with Crippen molar-refractivity contribution < 1.29 is 17.8 Å². The number of hydrogen-bond acceptors (Lipinski definition) is 3. The number of hydrogen-bond donors (Lipinski definition) is 2. The number of carbonyl (C=O) groups is 1. The average molecular weight is 274 g/mol. The lowest BCUT2D eigenvalue weighted by Crippen LogP contribution is -2.30. The summed E-state index contributed by atoms with van der Waals surface area (Å²) in [6.45, 7) is 0. The highest BCUT2D eigenvalue weighted by Crippen LogP contribution is 2.21. The molecule has 0 spiro atoms. The molecule has 1 saturated carbocycles. The second-order valence-corrected chi connectivity index (χ2v) is 5.53. The smallest absolute Gasteiger partial charge is 0.233 e. The lowest BCUT2D eigenvalue weighted by molar-refractivity contribution is -0.118. The Labute approximate surface area is 105 Å². The van der Waals surface area contributed by atoms with Crippen LogP contribution in [0.15, 0.2) is 17.0 Å². The molecule has 0 radical (unpaired) electrons. The van der Waals surface area contributed by atoms with Crippen LogP contribution in [0.1, 0.15) is 12.8 Å². The SMILES string of the molecule is Nc1cc(F)c(S(=O)CC(=O)NC2CC2)c(F)c1. The van der Waals surface area contributed by atoms with Gasteiger partial charge in [0.05, 0.1) is 10.8 Å². The quantitative estimate of drug-likeness (QED) is 0.802. The lowest BCUT2D eigenvalue weighted by Gasteiger charge is -2.06. The summed E-state index contributed by atoms with van der Waals surface area (Å²) in [5.41, 5.74) is 5.16. The van der Waals surface area contributed by atoms with Crippen LogP contribution in [0, 0.1) is 11.6 Å². The van der Waals surface area contributed by atoms with Gasteiger partial charge >= 0.3 is 0 Å². The van der Waals surface area contributed by atoms with E-state index in [0.717, 1.165) is 25.0 Å². The predicted octanol–water partition coefficient (Wildman–Crippen LogP) is 0.933. The van der Waals surface area contributed by atoms with E-state index in [1.165, 1.54) is 0 Å². The van der Waals surface area contributed by atoms with Crippen molar-refractivity contribution in [3.8, 4) is 0 Å². The summed E-state index contributed by atoms with van der Waals surface area (Å²) in [7, 11) is -2.05. The molecule has 0 aromatic heterocycles. The van der Waals surface area contributed by atoms with Gasteiger partial charge in [-0.2, -0.15) is 0 Å². The summed E-state index contributed by atoms with van der Waals surface area (Å²) < 4.78 is 38.6. The van der Waals surface area contributed by atoms with Crippen molar-refractivity contribution in [1.29, 1.82) is 0 Å². The molecule has 3 N–H and O–H groups in total. The third-order valence-corrected chi connectivity index (χ3v) is 3.82. The largest absolute Gasteiger partial charge is 0.399 e. The van der Waals surface area contributed by atoms with Crippen LogP contribution in [0.2, 0.25) is 0 Å². The first kappa shape index (κ1) is 12.9. The highest BCUT2D eigenvalue weighted by Gasteiger charge is 2.25. The zero-order valence-corrected chi connectivity index (χ0v) is 10.2. The van der Waals surface area contributed by atoms with Gasteiger partial charge in [0.1, 0.15) is 22.3 Å². The van der Waals surface area contributed by atoms with Gasteiger partial charge in [-0.25, -0.2) is 8.78 Å². The summed E-state index contributed by atoms with van der Waals surface area (Å²) in [6, 6.07) is 1.89. The number of carbonyl (C=O) groups excluding carboxylic acids is 1. The van der Waals surface area contributed by atoms with Crippen LogP contribution in [-0.2, 0) is 15.6 Å². The van der Waals surface area contributed by atoms with E-state index in [4.69, 9.17) is 5.73 Å². The van der Waals surface area contributed by atoms with Crippen LogP contribution in [-0.4, -0.2) is 21.9 Å². The van der Waals surface area contributed by atoms with Gasteiger partial charge < -0.3 is 11.1 Å². The minimum absolute atomic E-state index is 0.0896. The van der Waals surface area contributed by atoms with Gasteiger partial charge in [-0.05, 0) is 25.0 Å². The number of nitrogens with one attached hydrogen (secondary N) is 1. The third kappa shape index (κ3) is 3.04. The maximum absolute atomic E-state index is 13.4. The van der Waals surface area contributed by atoms with E-state index in [-0.39, 0.29) is 11.7 Å². The maximum Gasteiger partial charge on any atom is 0.233 e. The minimum Gasteiger partial charge on any atom is -0.399 e. The van der Waals surface area contributed by atoms with E-state index < -0.39 is 39.0 Å². The Morgan fingerprint density at radius 3 is 2.44 bits per heavy atom. The fourth-order valence-electron chi connectivity index (χ4n) is 1.49. The van der Waals surface area contributed by atoms with Crippen molar-refractivity contribution in [3.05, 3.63) is 23.8 Å². The molecule has 1 amide bonds. The lowest BCUT2D eigenvalue weighted by atomic mass is 10.3. The summed E-state index contributed by atoms with van der Waals surface area (Å²) in [5, 5.41) is 2.60. The molecule has 0 bridgehead atoms. The van der Waals surface area contributed by atoms with Gasteiger partial charge in [-0.1, -0.05) is 0 Å². The van der Waals surface area contributed by atoms with Crippen molar-refractivity contribution in [1.82, 2.24) is 5.32 Å². The fourth-order valence-corrected chi connectivity index (χ4v) is 2.50. The topological polar surface area (TPSA) is 72.2 Å². The molecule has 7 heteroatoms. The standard InChI is InChI=1S/C11H12F2N2O2S/c12-8-3-6(14)4-9(13)11(8)18(17)5-10(16)15-7-1-2-7/h3-4,7H,1-2,5,14H2,(H,15,16). The Morgan fingerprint density at radius 1 is 1.39 bits per heavy atom. The third-order valence-electron chi connectivity index (χ3n) is 2.45. The van der Waals surface area contributed by atoms with Crippen molar-refractivity contribution in [3.63, 3.8) is 0 Å². The highest BCUT2D eigenvalue weighted by molar-refractivity contribution is 7.85. The van der Waals surface area contributed by atoms with E-state index in [1.54, 1.807) is 0 Å². The number of rotatable bonds is 4. The molecule has 98 valence electrons. The van der Waals surface area contributed by atoms with Crippen molar-refractivity contribution in [2.24, 2.45) is 0 Å². The first-order valence-electron chi connectivity index (χ1n) is 5.39. The number of anilines is 1. The van der Waals surface area contributed by atoms with Crippen LogP contribution in [0.4, 0.5) is 14.5 Å². The van der Waals surface area contributed by atoms with E-state index in [1.807, 2.05) is 0 Å². The van der Waals surface area contributed by atoms with Crippen molar-refractivity contribution in [2.45, 2.75) is 23.8 Å². The molecule has 1 atom stereocenters. The Morgan fingerprint density at radius 2 is 1.94 bits per heavy atom. The highest BCUT2D eigenvalue weighted by atomic mass is 32.2. The van der Waals surface area contributed by atoms with E-state index in [9.17, 15) is 17.8 Å². The number of nitrogens with two attached hydrogens (primary N) is 1. The molecule has 0 heterocycles. The summed E-state index contributed by atoms with van der Waals surface area (Å²) in [5.74, 6) is -2.91. The van der Waals surface area contributed by atoms with Gasteiger partial charge in [0.15, 0.2) is 0 Å². The van der Waals surface area contributed by atoms with Crippen LogP contribution in [0.25, 0.3) is 0 Å². The number of benzene rings is 1. The van der Waals surface area contributed by atoms with Gasteiger partial charge in [-0.15, -0.1) is 0 Å². The Hall–Kier alpha value is -1.50. The molecule has 0 saturated heterocycles. The first-order valence-corrected chi connectivity index (χ1v) is 6.71. The maximum atomic E-state index is 13.4. The molecule has 4 nitrogen and oxygen atoms in total. The van der Waals surface area contributed by atoms with Gasteiger partial charge in [-0.3, -0.25) is 9.00 Å². The molecular formula is C11H12F2N2O2S.